The lowest BCUT2D eigenvalue weighted by atomic mass is 10.0. The second kappa shape index (κ2) is 5.76. The smallest absolute Gasteiger partial charge is 0.243 e. The molecule has 0 bridgehead atoms. The van der Waals surface area contributed by atoms with Crippen LogP contribution in [0.15, 0.2) is 17.0 Å². The van der Waals surface area contributed by atoms with Crippen LogP contribution < -0.4 is 5.73 Å². The molecule has 7 heteroatoms. The first-order valence-electron chi connectivity index (χ1n) is 6.90. The van der Waals surface area contributed by atoms with Crippen molar-refractivity contribution in [3.63, 3.8) is 0 Å². The number of anilines is 1. The number of nitrogen functional groups attached to an aromatic ring is 1. The van der Waals surface area contributed by atoms with Gasteiger partial charge in [0.15, 0.2) is 0 Å². The summed E-state index contributed by atoms with van der Waals surface area (Å²) >= 11 is 5.90. The third-order valence-corrected chi connectivity index (χ3v) is 6.31. The Morgan fingerprint density at radius 3 is 2.52 bits per heavy atom. The van der Waals surface area contributed by atoms with Crippen molar-refractivity contribution in [3.8, 4) is 0 Å². The zero-order chi connectivity index (χ0) is 15.8. The summed E-state index contributed by atoms with van der Waals surface area (Å²) in [6.07, 6.45) is 3.12. The van der Waals surface area contributed by atoms with Crippen LogP contribution in [0.4, 0.5) is 5.69 Å². The van der Waals surface area contributed by atoms with Crippen molar-refractivity contribution in [1.29, 1.82) is 0 Å². The number of benzene rings is 1. The highest BCUT2D eigenvalue weighted by Gasteiger charge is 2.36. The maximum Gasteiger partial charge on any atom is 0.243 e. The van der Waals surface area contributed by atoms with Crippen molar-refractivity contribution < 1.29 is 13.5 Å². The van der Waals surface area contributed by atoms with E-state index in [0.717, 1.165) is 12.8 Å². The lowest BCUT2D eigenvalue weighted by Gasteiger charge is -2.28. The average molecular weight is 333 g/mol. The molecule has 0 radical (unpaired) electrons. The molecule has 2 rings (SSSR count). The molecule has 1 fully saturated rings. The summed E-state index contributed by atoms with van der Waals surface area (Å²) in [6, 6.07) is 2.92. The van der Waals surface area contributed by atoms with Gasteiger partial charge in [-0.25, -0.2) is 8.42 Å². The highest BCUT2D eigenvalue weighted by Crippen LogP contribution is 2.33. The third-order valence-electron chi connectivity index (χ3n) is 4.03. The van der Waals surface area contributed by atoms with Crippen molar-refractivity contribution in [2.24, 2.45) is 0 Å². The van der Waals surface area contributed by atoms with Gasteiger partial charge >= 0.3 is 0 Å². The lowest BCUT2D eigenvalue weighted by Crippen LogP contribution is -2.42. The Labute approximate surface area is 130 Å². The molecule has 0 spiro atoms. The first kappa shape index (κ1) is 16.5. The summed E-state index contributed by atoms with van der Waals surface area (Å²) in [5, 5.41) is 10.7. The van der Waals surface area contributed by atoms with Crippen LogP contribution in [0.2, 0.25) is 5.02 Å². The summed E-state index contributed by atoms with van der Waals surface area (Å²) in [5.41, 5.74) is 5.56. The fourth-order valence-corrected chi connectivity index (χ4v) is 4.51. The maximum absolute atomic E-state index is 12.7. The van der Waals surface area contributed by atoms with Gasteiger partial charge in [0, 0.05) is 13.6 Å². The van der Waals surface area contributed by atoms with E-state index >= 15 is 0 Å². The summed E-state index contributed by atoms with van der Waals surface area (Å²) in [7, 11) is -2.22. The SMILES string of the molecule is Cc1cc(Cl)c(N)cc1S(=O)(=O)N(C)CC1(O)CCCC1. The topological polar surface area (TPSA) is 83.6 Å². The van der Waals surface area contributed by atoms with E-state index in [2.05, 4.69) is 0 Å². The van der Waals surface area contributed by atoms with Gasteiger partial charge in [-0.1, -0.05) is 24.4 Å². The van der Waals surface area contributed by atoms with Crippen LogP contribution in [0.3, 0.4) is 0 Å². The number of halogens is 1. The Bertz CT molecular complexity index is 640. The normalized spacial score (nSPS) is 18.3. The van der Waals surface area contributed by atoms with Gasteiger partial charge in [-0.3, -0.25) is 0 Å². The summed E-state index contributed by atoms with van der Waals surface area (Å²) in [4.78, 5) is 0.133. The number of hydrogen-bond donors (Lipinski definition) is 2. The average Bonchev–Trinajstić information content (AvgIpc) is 2.80. The van der Waals surface area contributed by atoms with Gasteiger partial charge < -0.3 is 10.8 Å². The number of nitrogens with zero attached hydrogens (tertiary/aromatic N) is 1. The van der Waals surface area contributed by atoms with E-state index in [-0.39, 0.29) is 17.1 Å². The van der Waals surface area contributed by atoms with Gasteiger partial charge in [-0.2, -0.15) is 4.31 Å². The van der Waals surface area contributed by atoms with Crippen molar-refractivity contribution in [2.75, 3.05) is 19.3 Å². The zero-order valence-electron chi connectivity index (χ0n) is 12.3. The maximum atomic E-state index is 12.7. The van der Waals surface area contributed by atoms with E-state index < -0.39 is 15.6 Å². The minimum Gasteiger partial charge on any atom is -0.397 e. The molecule has 0 saturated heterocycles. The molecule has 0 unspecified atom stereocenters. The van der Waals surface area contributed by atoms with E-state index in [4.69, 9.17) is 17.3 Å². The molecule has 1 aromatic rings. The number of aryl methyl sites for hydroxylation is 1. The molecular formula is C14H21ClN2O3S. The van der Waals surface area contributed by atoms with E-state index in [1.54, 1.807) is 13.0 Å². The third kappa shape index (κ3) is 3.34. The van der Waals surface area contributed by atoms with Crippen molar-refractivity contribution >= 4 is 27.3 Å². The molecular weight excluding hydrogens is 312 g/mol. The summed E-state index contributed by atoms with van der Waals surface area (Å²) in [6.45, 7) is 1.77. The molecule has 1 aliphatic rings. The van der Waals surface area contributed by atoms with Gasteiger partial charge in [0.05, 0.1) is 21.2 Å². The number of aliphatic hydroxyl groups is 1. The molecule has 1 aliphatic carbocycles. The Kier molecular flexibility index (Phi) is 4.54. The van der Waals surface area contributed by atoms with Gasteiger partial charge in [-0.15, -0.1) is 0 Å². The zero-order valence-corrected chi connectivity index (χ0v) is 13.8. The fourth-order valence-electron chi connectivity index (χ4n) is 2.81. The summed E-state index contributed by atoms with van der Waals surface area (Å²) in [5.74, 6) is 0. The second-order valence-corrected chi connectivity index (χ2v) is 8.25. The van der Waals surface area contributed by atoms with E-state index in [1.165, 1.54) is 17.4 Å². The number of hydrogen-bond acceptors (Lipinski definition) is 4. The van der Waals surface area contributed by atoms with Crippen molar-refractivity contribution in [3.05, 3.63) is 22.7 Å². The molecule has 1 aromatic carbocycles. The molecule has 3 N–H and O–H groups in total. The van der Waals surface area contributed by atoms with Crippen LogP contribution in [0.5, 0.6) is 0 Å². The Morgan fingerprint density at radius 2 is 1.95 bits per heavy atom. The van der Waals surface area contributed by atoms with Crippen LogP contribution >= 0.6 is 11.6 Å². The van der Waals surface area contributed by atoms with Gasteiger partial charge in [0.1, 0.15) is 0 Å². The largest absolute Gasteiger partial charge is 0.397 e. The molecule has 21 heavy (non-hydrogen) atoms. The standard InChI is InChI=1S/C14H21ClN2O3S/c1-10-7-11(15)12(16)8-13(10)21(19,20)17(2)9-14(18)5-3-4-6-14/h7-8,18H,3-6,9,16H2,1-2H3. The van der Waals surface area contributed by atoms with Crippen LogP contribution in [0.25, 0.3) is 0 Å². The number of rotatable bonds is 4. The first-order valence-corrected chi connectivity index (χ1v) is 8.72. The van der Waals surface area contributed by atoms with Gasteiger partial charge in [0.2, 0.25) is 10.0 Å². The van der Waals surface area contributed by atoms with Crippen molar-refractivity contribution in [2.45, 2.75) is 43.1 Å². The molecule has 0 aliphatic heterocycles. The molecule has 0 amide bonds. The lowest BCUT2D eigenvalue weighted by molar-refractivity contribution is 0.0333. The fraction of sp³-hybridized carbons (Fsp3) is 0.571. The van der Waals surface area contributed by atoms with Crippen LogP contribution in [-0.4, -0.2) is 37.0 Å². The Balaban J connectivity index is 2.31. The van der Waals surface area contributed by atoms with Gasteiger partial charge in [-0.05, 0) is 37.5 Å². The highest BCUT2D eigenvalue weighted by molar-refractivity contribution is 7.89. The molecule has 5 nitrogen and oxygen atoms in total. The predicted octanol–water partition coefficient (Wildman–Crippen LogP) is 2.16. The Hall–Kier alpha value is -0.820. The quantitative estimate of drug-likeness (QED) is 0.827. The minimum atomic E-state index is -3.70. The van der Waals surface area contributed by atoms with Crippen LogP contribution in [-0.2, 0) is 10.0 Å². The van der Waals surface area contributed by atoms with E-state index in [9.17, 15) is 13.5 Å². The summed E-state index contributed by atoms with van der Waals surface area (Å²) < 4.78 is 26.5. The number of sulfonamides is 1. The molecule has 0 atom stereocenters. The Morgan fingerprint density at radius 1 is 1.38 bits per heavy atom. The van der Waals surface area contributed by atoms with Gasteiger partial charge in [0.25, 0.3) is 0 Å². The van der Waals surface area contributed by atoms with E-state index in [1.807, 2.05) is 0 Å². The minimum absolute atomic E-state index is 0.0945. The molecule has 0 aromatic heterocycles. The van der Waals surface area contributed by atoms with Crippen LogP contribution in [0.1, 0.15) is 31.2 Å². The monoisotopic (exact) mass is 332 g/mol. The number of nitrogens with two attached hydrogens (primary N) is 1. The molecule has 0 heterocycles. The first-order chi connectivity index (χ1) is 9.66. The van der Waals surface area contributed by atoms with Crippen molar-refractivity contribution in [1.82, 2.24) is 4.31 Å². The predicted molar refractivity (Wildman–Crippen MR) is 83.8 cm³/mol. The number of likely N-dealkylation sites (N-methyl/N-ethyl adjacent to an activating group) is 1. The van der Waals surface area contributed by atoms with Crippen LogP contribution in [0, 0.1) is 6.92 Å². The highest BCUT2D eigenvalue weighted by atomic mass is 35.5. The second-order valence-electron chi connectivity index (χ2n) is 5.83. The molecule has 118 valence electrons. The molecule has 1 saturated carbocycles. The van der Waals surface area contributed by atoms with E-state index in [0.29, 0.717) is 23.4 Å².